The van der Waals surface area contributed by atoms with Crippen LogP contribution in [0.2, 0.25) is 0 Å². The topological polar surface area (TPSA) is 73.2 Å². The maximum atomic E-state index is 9.42. The van der Waals surface area contributed by atoms with Gasteiger partial charge in [-0.25, -0.2) is 0 Å². The predicted octanol–water partition coefficient (Wildman–Crippen LogP) is 1.08. The summed E-state index contributed by atoms with van der Waals surface area (Å²) >= 11 is 0. The van der Waals surface area contributed by atoms with E-state index < -0.39 is 0 Å². The molecule has 1 aliphatic heterocycles. The second kappa shape index (κ2) is 11.3. The summed E-state index contributed by atoms with van der Waals surface area (Å²) in [6.45, 7) is 2.74. The fourth-order valence-electron chi connectivity index (χ4n) is 1.42. The smallest absolute Gasteiger partial charge is 0.107 e. The van der Waals surface area contributed by atoms with Crippen LogP contribution in [0.15, 0.2) is 0 Å². The Morgan fingerprint density at radius 2 is 1.69 bits per heavy atom. The number of epoxide rings is 1. The normalized spacial score (nSPS) is 19.9. The van der Waals surface area contributed by atoms with Crippen molar-refractivity contribution in [3.63, 3.8) is 0 Å². The van der Waals surface area contributed by atoms with Crippen molar-refractivity contribution in [1.29, 1.82) is 0 Å². The van der Waals surface area contributed by atoms with Gasteiger partial charge in [0.2, 0.25) is 0 Å². The molecule has 0 amide bonds. The molecule has 1 saturated heterocycles. The van der Waals surface area contributed by atoms with Gasteiger partial charge in [-0.05, 0) is 6.42 Å². The Kier molecular flexibility index (Phi) is 11.2. The molecule has 3 N–H and O–H groups in total. The van der Waals surface area contributed by atoms with Crippen molar-refractivity contribution >= 4 is 0 Å². The molecule has 0 aliphatic carbocycles. The fraction of sp³-hybridized carbons (Fsp3) is 1.00. The van der Waals surface area contributed by atoms with Gasteiger partial charge < -0.3 is 20.1 Å². The van der Waals surface area contributed by atoms with Crippen molar-refractivity contribution in [2.75, 3.05) is 19.8 Å². The lowest BCUT2D eigenvalue weighted by molar-refractivity contribution is 0.123. The van der Waals surface area contributed by atoms with Gasteiger partial charge in [0.25, 0.3) is 0 Å². The van der Waals surface area contributed by atoms with Crippen LogP contribution in [-0.4, -0.2) is 47.3 Å². The van der Waals surface area contributed by atoms with Crippen molar-refractivity contribution < 1.29 is 20.1 Å². The van der Waals surface area contributed by atoms with Gasteiger partial charge in [-0.1, -0.05) is 39.0 Å². The van der Waals surface area contributed by atoms with Crippen LogP contribution in [0.25, 0.3) is 0 Å². The Balaban J connectivity index is 0.000000487. The number of aliphatic hydroxyl groups is 3. The molecule has 0 radical (unpaired) electrons. The van der Waals surface area contributed by atoms with Gasteiger partial charge in [0.05, 0.1) is 25.9 Å². The highest BCUT2D eigenvalue weighted by atomic mass is 16.6. The zero-order valence-electron chi connectivity index (χ0n) is 10.3. The maximum absolute atomic E-state index is 9.42. The van der Waals surface area contributed by atoms with Gasteiger partial charge in [0, 0.05) is 0 Å². The van der Waals surface area contributed by atoms with Gasteiger partial charge in [-0.15, -0.1) is 0 Å². The molecular formula is C12H26O4. The van der Waals surface area contributed by atoms with E-state index in [1.54, 1.807) is 0 Å². The van der Waals surface area contributed by atoms with Crippen LogP contribution >= 0.6 is 0 Å². The van der Waals surface area contributed by atoms with E-state index in [4.69, 9.17) is 14.9 Å². The number of hydrogen-bond acceptors (Lipinski definition) is 4. The number of unbranched alkanes of at least 4 members (excludes halogenated alkanes) is 4. The zero-order chi connectivity index (χ0) is 12.2. The Hall–Kier alpha value is -0.160. The van der Waals surface area contributed by atoms with E-state index in [0.717, 1.165) is 19.4 Å². The average molecular weight is 234 g/mol. The highest BCUT2D eigenvalue weighted by Crippen LogP contribution is 2.18. The minimum atomic E-state index is -0.188. The zero-order valence-corrected chi connectivity index (χ0v) is 10.3. The molecule has 0 spiro atoms. The summed E-state index contributed by atoms with van der Waals surface area (Å²) in [7, 11) is 0. The Morgan fingerprint density at radius 3 is 2.12 bits per heavy atom. The Bertz CT molecular complexity index is 135. The van der Waals surface area contributed by atoms with E-state index in [-0.39, 0.29) is 25.4 Å². The summed E-state index contributed by atoms with van der Waals surface area (Å²) in [6, 6.07) is 0. The minimum Gasteiger partial charge on any atom is -0.394 e. The van der Waals surface area contributed by atoms with Gasteiger partial charge in [-0.2, -0.15) is 0 Å². The molecule has 1 aliphatic rings. The maximum Gasteiger partial charge on any atom is 0.107 e. The molecule has 16 heavy (non-hydrogen) atoms. The third-order valence-electron chi connectivity index (χ3n) is 2.49. The van der Waals surface area contributed by atoms with Crippen molar-refractivity contribution in [3.05, 3.63) is 0 Å². The number of ether oxygens (including phenoxy) is 1. The minimum absolute atomic E-state index is 0.125. The van der Waals surface area contributed by atoms with Crippen LogP contribution in [0, 0.1) is 0 Å². The SMILES string of the molecule is CCCCCCCC(O)C1CO1.OCCO. The quantitative estimate of drug-likeness (QED) is 0.434. The van der Waals surface area contributed by atoms with Crippen molar-refractivity contribution in [1.82, 2.24) is 0 Å². The van der Waals surface area contributed by atoms with Gasteiger partial charge in [0.15, 0.2) is 0 Å². The van der Waals surface area contributed by atoms with Crippen molar-refractivity contribution in [3.8, 4) is 0 Å². The van der Waals surface area contributed by atoms with Crippen molar-refractivity contribution in [2.24, 2.45) is 0 Å². The van der Waals surface area contributed by atoms with E-state index >= 15 is 0 Å². The number of rotatable bonds is 8. The monoisotopic (exact) mass is 234 g/mol. The molecule has 0 aromatic rings. The average Bonchev–Trinajstić information content (AvgIpc) is 3.13. The standard InChI is InChI=1S/C10H20O2.C2H6O2/c1-2-3-4-5-6-7-9(11)10-8-12-10;3-1-2-4/h9-11H,2-8H2,1H3;3-4H,1-2H2. The number of aliphatic hydroxyl groups excluding tert-OH is 3. The molecule has 0 saturated carbocycles. The summed E-state index contributed by atoms with van der Waals surface area (Å²) < 4.78 is 5.00. The van der Waals surface area contributed by atoms with Crippen LogP contribution in [0.4, 0.5) is 0 Å². The van der Waals surface area contributed by atoms with E-state index in [1.807, 2.05) is 0 Å². The van der Waals surface area contributed by atoms with Crippen LogP contribution in [0.5, 0.6) is 0 Å². The van der Waals surface area contributed by atoms with Crippen LogP contribution in [0.3, 0.4) is 0 Å². The lowest BCUT2D eigenvalue weighted by Gasteiger charge is -2.05. The van der Waals surface area contributed by atoms with E-state index in [1.165, 1.54) is 25.7 Å². The summed E-state index contributed by atoms with van der Waals surface area (Å²) in [5.74, 6) is 0. The fourth-order valence-corrected chi connectivity index (χ4v) is 1.42. The molecular weight excluding hydrogens is 208 g/mol. The molecule has 98 valence electrons. The first-order valence-electron chi connectivity index (χ1n) is 6.27. The summed E-state index contributed by atoms with van der Waals surface area (Å²) in [5, 5.41) is 24.7. The van der Waals surface area contributed by atoms with E-state index in [0.29, 0.717) is 0 Å². The summed E-state index contributed by atoms with van der Waals surface area (Å²) in [5.41, 5.74) is 0. The van der Waals surface area contributed by atoms with Gasteiger partial charge in [-0.3, -0.25) is 0 Å². The predicted molar refractivity (Wildman–Crippen MR) is 63.3 cm³/mol. The molecule has 1 heterocycles. The van der Waals surface area contributed by atoms with Crippen molar-refractivity contribution in [2.45, 2.75) is 57.7 Å². The molecule has 2 atom stereocenters. The molecule has 4 nitrogen and oxygen atoms in total. The highest BCUT2D eigenvalue weighted by molar-refractivity contribution is 4.77. The summed E-state index contributed by atoms with van der Waals surface area (Å²) in [4.78, 5) is 0. The third-order valence-corrected chi connectivity index (χ3v) is 2.49. The first kappa shape index (κ1) is 15.8. The molecule has 2 unspecified atom stereocenters. The Morgan fingerprint density at radius 1 is 1.12 bits per heavy atom. The molecule has 0 aromatic heterocycles. The van der Waals surface area contributed by atoms with Gasteiger partial charge >= 0.3 is 0 Å². The second-order valence-corrected chi connectivity index (χ2v) is 4.09. The first-order chi connectivity index (χ1) is 7.76. The third kappa shape index (κ3) is 10.4. The summed E-state index contributed by atoms with van der Waals surface area (Å²) in [6.07, 6.45) is 7.26. The molecule has 0 aromatic carbocycles. The van der Waals surface area contributed by atoms with Crippen LogP contribution in [-0.2, 0) is 4.74 Å². The Labute approximate surface area is 98.2 Å². The number of hydrogen-bond donors (Lipinski definition) is 3. The van der Waals surface area contributed by atoms with Crippen LogP contribution in [0.1, 0.15) is 45.4 Å². The van der Waals surface area contributed by atoms with Gasteiger partial charge in [0.1, 0.15) is 6.10 Å². The molecule has 4 heteroatoms. The lowest BCUT2D eigenvalue weighted by Crippen LogP contribution is -2.13. The lowest BCUT2D eigenvalue weighted by atomic mass is 10.1. The van der Waals surface area contributed by atoms with E-state index in [2.05, 4.69) is 6.92 Å². The first-order valence-corrected chi connectivity index (χ1v) is 6.27. The highest BCUT2D eigenvalue weighted by Gasteiger charge is 2.30. The molecule has 1 fully saturated rings. The largest absolute Gasteiger partial charge is 0.394 e. The molecule has 0 bridgehead atoms. The van der Waals surface area contributed by atoms with Crippen LogP contribution < -0.4 is 0 Å². The second-order valence-electron chi connectivity index (χ2n) is 4.09. The molecule has 1 rings (SSSR count). The van der Waals surface area contributed by atoms with E-state index in [9.17, 15) is 5.11 Å².